The highest BCUT2D eigenvalue weighted by Gasteiger charge is 2.37. The highest BCUT2D eigenvalue weighted by atomic mass is 19.1. The molecule has 43 heavy (non-hydrogen) atoms. The molecule has 2 heterocycles. The molecule has 1 fully saturated rings. The molecule has 224 valence electrons. The van der Waals surface area contributed by atoms with Crippen molar-refractivity contribution in [1.29, 1.82) is 0 Å². The van der Waals surface area contributed by atoms with Gasteiger partial charge in [-0.15, -0.1) is 0 Å². The minimum atomic E-state index is -0.536. The molecule has 9 heteroatoms. The molecular weight excluding hydrogens is 549 g/mol. The number of para-hydroxylation sites is 2. The Bertz CT molecular complexity index is 1530. The van der Waals surface area contributed by atoms with Gasteiger partial charge in [0.05, 0.1) is 31.5 Å². The molecule has 0 N–H and O–H groups in total. The predicted octanol–water partition coefficient (Wildman–Crippen LogP) is 5.15. The smallest absolute Gasteiger partial charge is 0.336 e. The molecule has 3 aromatic carbocycles. The second-order valence-corrected chi connectivity index (χ2v) is 10.7. The van der Waals surface area contributed by atoms with Gasteiger partial charge in [-0.3, -0.25) is 9.59 Å². The molecule has 0 saturated carbocycles. The quantitative estimate of drug-likeness (QED) is 0.341. The van der Waals surface area contributed by atoms with E-state index in [9.17, 15) is 18.8 Å². The number of methoxy groups -OCH3 is 1. The zero-order chi connectivity index (χ0) is 30.5. The van der Waals surface area contributed by atoms with Crippen molar-refractivity contribution < 1.29 is 28.2 Å². The Kier molecular flexibility index (Phi) is 9.09. The van der Waals surface area contributed by atoms with E-state index in [1.807, 2.05) is 47.4 Å². The Labute approximate surface area is 251 Å². The van der Waals surface area contributed by atoms with E-state index in [0.717, 1.165) is 17.0 Å². The number of amides is 2. The van der Waals surface area contributed by atoms with Gasteiger partial charge in [0.2, 0.25) is 5.91 Å². The lowest BCUT2D eigenvalue weighted by Crippen LogP contribution is -2.48. The highest BCUT2D eigenvalue weighted by molar-refractivity contribution is 5.96. The maximum atomic E-state index is 13.6. The highest BCUT2D eigenvalue weighted by Crippen LogP contribution is 2.38. The fourth-order valence-electron chi connectivity index (χ4n) is 5.87. The summed E-state index contributed by atoms with van der Waals surface area (Å²) in [6.45, 7) is 6.36. The third-order valence-electron chi connectivity index (χ3n) is 8.10. The van der Waals surface area contributed by atoms with Crippen molar-refractivity contribution in [2.24, 2.45) is 0 Å². The molecule has 0 radical (unpaired) electrons. The maximum Gasteiger partial charge on any atom is 0.336 e. The summed E-state index contributed by atoms with van der Waals surface area (Å²) >= 11 is 0. The minimum absolute atomic E-state index is 0.0478. The Balaban J connectivity index is 1.33. The molecule has 8 nitrogen and oxygen atoms in total. The maximum absolute atomic E-state index is 13.6. The van der Waals surface area contributed by atoms with Gasteiger partial charge in [-0.25, -0.2) is 9.18 Å². The number of anilines is 1. The first-order valence-electron chi connectivity index (χ1n) is 14.5. The van der Waals surface area contributed by atoms with E-state index < -0.39 is 17.7 Å². The van der Waals surface area contributed by atoms with Crippen molar-refractivity contribution in [2.75, 3.05) is 44.8 Å². The Morgan fingerprint density at radius 2 is 1.67 bits per heavy atom. The molecule has 5 rings (SSSR count). The van der Waals surface area contributed by atoms with Crippen LogP contribution < -0.4 is 9.64 Å². The molecule has 1 atom stereocenters. The molecule has 2 aliphatic rings. The van der Waals surface area contributed by atoms with Crippen molar-refractivity contribution in [3.63, 3.8) is 0 Å². The Morgan fingerprint density at radius 1 is 0.953 bits per heavy atom. The van der Waals surface area contributed by atoms with Crippen LogP contribution in [0.25, 0.3) is 0 Å². The molecular formula is C34H36FN3O5. The number of piperazine rings is 1. The number of halogens is 1. The molecule has 0 aliphatic carbocycles. The zero-order valence-electron chi connectivity index (χ0n) is 24.7. The van der Waals surface area contributed by atoms with Crippen molar-refractivity contribution in [1.82, 2.24) is 9.80 Å². The Hall–Kier alpha value is -4.66. The van der Waals surface area contributed by atoms with Crippen molar-refractivity contribution in [3.05, 3.63) is 107 Å². The zero-order valence-corrected chi connectivity index (χ0v) is 24.7. The summed E-state index contributed by atoms with van der Waals surface area (Å²) in [6.07, 6.45) is 0.0478. The fraction of sp³-hybridized carbons (Fsp3) is 0.324. The van der Waals surface area contributed by atoms with Crippen LogP contribution in [0.1, 0.15) is 47.7 Å². The predicted molar refractivity (Wildman–Crippen MR) is 161 cm³/mol. The Morgan fingerprint density at radius 3 is 2.37 bits per heavy atom. The number of benzene rings is 3. The lowest BCUT2D eigenvalue weighted by atomic mass is 9.83. The van der Waals surface area contributed by atoms with Crippen LogP contribution in [0.3, 0.4) is 0 Å². The molecule has 0 spiro atoms. The lowest BCUT2D eigenvalue weighted by molar-refractivity contribution is -0.140. The monoisotopic (exact) mass is 585 g/mol. The fourth-order valence-corrected chi connectivity index (χ4v) is 5.87. The molecule has 1 unspecified atom stereocenters. The van der Waals surface area contributed by atoms with Crippen LogP contribution in [-0.2, 0) is 20.9 Å². The molecule has 1 saturated heterocycles. The molecule has 2 aliphatic heterocycles. The van der Waals surface area contributed by atoms with Gasteiger partial charge in [-0.2, -0.15) is 0 Å². The molecule has 0 bridgehead atoms. The number of esters is 1. The van der Waals surface area contributed by atoms with E-state index in [-0.39, 0.29) is 31.4 Å². The standard InChI is InChI=1S/C34H36FN3O5/c1-4-43-34(41)32-23(2)38(31(39)21-28(32)25-12-14-27(35)15-13-25)22-24-8-7-9-26(20-24)33(40)37-18-16-36(17-19-37)29-10-5-6-11-30(29)42-3/h5-15,20,28H,4,16-19,21-22H2,1-3H3. The average Bonchev–Trinajstić information content (AvgIpc) is 3.03. The van der Waals surface area contributed by atoms with Crippen LogP contribution in [0.4, 0.5) is 10.1 Å². The van der Waals surface area contributed by atoms with Gasteiger partial charge in [-0.1, -0.05) is 36.4 Å². The number of allylic oxidation sites excluding steroid dienone is 1. The summed E-state index contributed by atoms with van der Waals surface area (Å²) < 4.78 is 24.5. The van der Waals surface area contributed by atoms with Gasteiger partial charge in [0.15, 0.2) is 0 Å². The van der Waals surface area contributed by atoms with Gasteiger partial charge < -0.3 is 24.2 Å². The van der Waals surface area contributed by atoms with E-state index >= 15 is 0 Å². The van der Waals surface area contributed by atoms with Crippen LogP contribution in [0.15, 0.2) is 84.1 Å². The van der Waals surface area contributed by atoms with Crippen LogP contribution in [0, 0.1) is 5.82 Å². The van der Waals surface area contributed by atoms with Gasteiger partial charge in [0.25, 0.3) is 5.91 Å². The summed E-state index contributed by atoms with van der Waals surface area (Å²) in [4.78, 5) is 45.6. The number of hydrogen-bond donors (Lipinski definition) is 0. The summed E-state index contributed by atoms with van der Waals surface area (Å²) in [7, 11) is 1.65. The summed E-state index contributed by atoms with van der Waals surface area (Å²) in [5.74, 6) is -0.847. The second kappa shape index (κ2) is 13.1. The first-order valence-corrected chi connectivity index (χ1v) is 14.5. The summed E-state index contributed by atoms with van der Waals surface area (Å²) in [5.41, 5.74) is 3.88. The second-order valence-electron chi connectivity index (χ2n) is 10.7. The minimum Gasteiger partial charge on any atom is -0.495 e. The first kappa shape index (κ1) is 29.8. The van der Waals surface area contributed by atoms with E-state index in [2.05, 4.69) is 4.90 Å². The number of ether oxygens (including phenoxy) is 2. The van der Waals surface area contributed by atoms with Crippen molar-refractivity contribution in [3.8, 4) is 5.75 Å². The van der Waals surface area contributed by atoms with Gasteiger partial charge >= 0.3 is 5.97 Å². The largest absolute Gasteiger partial charge is 0.495 e. The number of carbonyl (C=O) groups excluding carboxylic acids is 3. The van der Waals surface area contributed by atoms with Crippen molar-refractivity contribution >= 4 is 23.5 Å². The molecule has 2 amide bonds. The number of rotatable bonds is 8. The summed E-state index contributed by atoms with van der Waals surface area (Å²) in [6, 6.07) is 21.0. The number of carbonyl (C=O) groups is 3. The lowest BCUT2D eigenvalue weighted by Gasteiger charge is -2.36. The SMILES string of the molecule is CCOC(=O)C1=C(C)N(Cc2cccc(C(=O)N3CCN(c4ccccc4OC)CC3)c2)C(=O)CC1c1ccc(F)cc1. The number of hydrogen-bond acceptors (Lipinski definition) is 6. The van der Waals surface area contributed by atoms with Crippen LogP contribution >= 0.6 is 0 Å². The van der Waals surface area contributed by atoms with E-state index in [0.29, 0.717) is 48.6 Å². The summed E-state index contributed by atoms with van der Waals surface area (Å²) in [5, 5.41) is 0. The van der Waals surface area contributed by atoms with Crippen LogP contribution in [-0.4, -0.2) is 67.5 Å². The first-order chi connectivity index (χ1) is 20.8. The van der Waals surface area contributed by atoms with Crippen LogP contribution in [0.2, 0.25) is 0 Å². The van der Waals surface area contributed by atoms with E-state index in [4.69, 9.17) is 9.47 Å². The van der Waals surface area contributed by atoms with Crippen molar-refractivity contribution in [2.45, 2.75) is 32.7 Å². The third kappa shape index (κ3) is 6.40. The average molecular weight is 586 g/mol. The third-order valence-corrected chi connectivity index (χ3v) is 8.10. The number of nitrogens with zero attached hydrogens (tertiary/aromatic N) is 3. The molecule has 3 aromatic rings. The van der Waals surface area contributed by atoms with E-state index in [1.54, 1.807) is 44.1 Å². The molecule has 0 aromatic heterocycles. The normalized spacial score (nSPS) is 17.3. The van der Waals surface area contributed by atoms with Gasteiger partial charge in [0, 0.05) is 49.8 Å². The van der Waals surface area contributed by atoms with Gasteiger partial charge in [-0.05, 0) is 61.4 Å². The van der Waals surface area contributed by atoms with E-state index in [1.165, 1.54) is 12.1 Å². The topological polar surface area (TPSA) is 79.4 Å². The van der Waals surface area contributed by atoms with Crippen LogP contribution in [0.5, 0.6) is 5.75 Å². The van der Waals surface area contributed by atoms with Gasteiger partial charge in [0.1, 0.15) is 11.6 Å².